The van der Waals surface area contributed by atoms with E-state index in [1.54, 1.807) is 0 Å². The highest BCUT2D eigenvalue weighted by Gasteiger charge is 2.33. The molecule has 1 aromatic rings. The van der Waals surface area contributed by atoms with Crippen LogP contribution in [0.5, 0.6) is 0 Å². The molecule has 21 heavy (non-hydrogen) atoms. The molecule has 0 radical (unpaired) electrons. The standard InChI is InChI=1S/C11H14F3N3O3S/c12-11(13,14)8-6-7(2-3-9(8)15)10(18)17-4-1-5-21(16,19)20/h2-3,6H,1,4-5,15H2,(H,17,18)(H2,16,19,20). The molecule has 0 saturated carbocycles. The molecule has 1 rings (SSSR count). The van der Waals surface area contributed by atoms with E-state index in [9.17, 15) is 26.4 Å². The number of hydrogen-bond donors (Lipinski definition) is 3. The summed E-state index contributed by atoms with van der Waals surface area (Å²) in [5.74, 6) is -1.09. The Kier molecular flexibility index (Phi) is 5.18. The van der Waals surface area contributed by atoms with E-state index in [-0.39, 0.29) is 24.3 Å². The zero-order valence-corrected chi connectivity index (χ0v) is 11.6. The predicted octanol–water partition coefficient (Wildman–Crippen LogP) is 0.696. The summed E-state index contributed by atoms with van der Waals surface area (Å²) in [7, 11) is -3.63. The molecule has 0 fully saturated rings. The maximum absolute atomic E-state index is 12.6. The van der Waals surface area contributed by atoms with E-state index in [0.717, 1.165) is 12.1 Å². The zero-order chi connectivity index (χ0) is 16.3. The van der Waals surface area contributed by atoms with Crippen molar-refractivity contribution in [1.29, 1.82) is 0 Å². The van der Waals surface area contributed by atoms with Crippen LogP contribution in [0.15, 0.2) is 18.2 Å². The molecule has 5 N–H and O–H groups in total. The van der Waals surface area contributed by atoms with Crippen molar-refractivity contribution < 1.29 is 26.4 Å². The number of alkyl halides is 3. The van der Waals surface area contributed by atoms with E-state index in [1.165, 1.54) is 0 Å². The lowest BCUT2D eigenvalue weighted by molar-refractivity contribution is -0.136. The Hall–Kier alpha value is -1.81. The first-order chi connectivity index (χ1) is 9.50. The number of anilines is 1. The number of benzene rings is 1. The normalized spacial score (nSPS) is 12.2. The van der Waals surface area contributed by atoms with Gasteiger partial charge in [-0.25, -0.2) is 13.6 Å². The second kappa shape index (κ2) is 6.31. The van der Waals surface area contributed by atoms with Crippen molar-refractivity contribution in [2.24, 2.45) is 5.14 Å². The summed E-state index contributed by atoms with van der Waals surface area (Å²) in [5, 5.41) is 7.07. The van der Waals surface area contributed by atoms with Gasteiger partial charge in [0.1, 0.15) is 0 Å². The summed E-state index contributed by atoms with van der Waals surface area (Å²) in [6.07, 6.45) is -4.60. The Labute approximate surface area is 119 Å². The quantitative estimate of drug-likeness (QED) is 0.546. The fourth-order valence-corrected chi connectivity index (χ4v) is 2.07. The average molecular weight is 325 g/mol. The van der Waals surface area contributed by atoms with E-state index >= 15 is 0 Å². The van der Waals surface area contributed by atoms with Crippen molar-refractivity contribution in [2.45, 2.75) is 12.6 Å². The molecule has 0 saturated heterocycles. The summed E-state index contributed by atoms with van der Waals surface area (Å²) in [4.78, 5) is 11.7. The Morgan fingerprint density at radius 1 is 1.29 bits per heavy atom. The van der Waals surface area contributed by atoms with Crippen molar-refractivity contribution in [3.8, 4) is 0 Å². The van der Waals surface area contributed by atoms with Crippen LogP contribution in [-0.4, -0.2) is 26.6 Å². The molecule has 10 heteroatoms. The first-order valence-electron chi connectivity index (χ1n) is 5.76. The number of nitrogens with two attached hydrogens (primary N) is 2. The molecule has 0 aliphatic rings. The molecule has 0 aliphatic heterocycles. The smallest absolute Gasteiger partial charge is 0.398 e. The molecule has 118 valence electrons. The third kappa shape index (κ3) is 5.60. The van der Waals surface area contributed by atoms with Crippen LogP contribution in [0.25, 0.3) is 0 Å². The van der Waals surface area contributed by atoms with Crippen LogP contribution in [0, 0.1) is 0 Å². The maximum atomic E-state index is 12.6. The number of carbonyl (C=O) groups is 1. The highest BCUT2D eigenvalue weighted by Crippen LogP contribution is 2.33. The van der Waals surface area contributed by atoms with Gasteiger partial charge in [0.2, 0.25) is 10.0 Å². The van der Waals surface area contributed by atoms with Gasteiger partial charge in [0.05, 0.1) is 11.3 Å². The number of halogens is 3. The molecular weight excluding hydrogens is 311 g/mol. The maximum Gasteiger partial charge on any atom is 0.418 e. The molecule has 0 heterocycles. The highest BCUT2D eigenvalue weighted by molar-refractivity contribution is 7.89. The van der Waals surface area contributed by atoms with Gasteiger partial charge in [-0.05, 0) is 24.6 Å². The van der Waals surface area contributed by atoms with E-state index in [0.29, 0.717) is 6.07 Å². The lowest BCUT2D eigenvalue weighted by Crippen LogP contribution is -2.27. The van der Waals surface area contributed by atoms with Crippen LogP contribution in [0.2, 0.25) is 0 Å². The summed E-state index contributed by atoms with van der Waals surface area (Å²) >= 11 is 0. The van der Waals surface area contributed by atoms with Crippen LogP contribution >= 0.6 is 0 Å². The third-order valence-corrected chi connectivity index (χ3v) is 3.37. The Morgan fingerprint density at radius 3 is 2.43 bits per heavy atom. The van der Waals surface area contributed by atoms with Crippen molar-refractivity contribution in [2.75, 3.05) is 18.0 Å². The van der Waals surface area contributed by atoms with Gasteiger partial charge in [-0.1, -0.05) is 0 Å². The van der Waals surface area contributed by atoms with E-state index in [1.807, 2.05) is 0 Å². The van der Waals surface area contributed by atoms with Crippen molar-refractivity contribution in [3.63, 3.8) is 0 Å². The Morgan fingerprint density at radius 2 is 1.90 bits per heavy atom. The minimum Gasteiger partial charge on any atom is -0.398 e. The van der Waals surface area contributed by atoms with E-state index < -0.39 is 33.4 Å². The lowest BCUT2D eigenvalue weighted by Gasteiger charge is -2.11. The van der Waals surface area contributed by atoms with E-state index in [4.69, 9.17) is 10.9 Å². The van der Waals surface area contributed by atoms with Crippen molar-refractivity contribution in [1.82, 2.24) is 5.32 Å². The number of sulfonamides is 1. The number of amides is 1. The van der Waals surface area contributed by atoms with Crippen molar-refractivity contribution >= 4 is 21.6 Å². The zero-order valence-electron chi connectivity index (χ0n) is 10.8. The summed E-state index contributed by atoms with van der Waals surface area (Å²) in [6, 6.07) is 2.78. The predicted molar refractivity (Wildman–Crippen MR) is 70.8 cm³/mol. The number of primary sulfonamides is 1. The van der Waals surface area contributed by atoms with Crippen LogP contribution in [-0.2, 0) is 16.2 Å². The second-order valence-electron chi connectivity index (χ2n) is 4.28. The SMILES string of the molecule is Nc1ccc(C(=O)NCCCS(N)(=O)=O)cc1C(F)(F)F. The minimum atomic E-state index is -4.66. The van der Waals surface area contributed by atoms with Gasteiger partial charge >= 0.3 is 6.18 Å². The van der Waals surface area contributed by atoms with Gasteiger partial charge < -0.3 is 11.1 Å². The topological polar surface area (TPSA) is 115 Å². The Balaban J connectivity index is 2.71. The van der Waals surface area contributed by atoms with Crippen LogP contribution in [0.4, 0.5) is 18.9 Å². The van der Waals surface area contributed by atoms with Crippen molar-refractivity contribution in [3.05, 3.63) is 29.3 Å². The largest absolute Gasteiger partial charge is 0.418 e. The van der Waals surface area contributed by atoms with Crippen LogP contribution in [0.1, 0.15) is 22.3 Å². The molecule has 0 bridgehead atoms. The molecule has 0 aliphatic carbocycles. The molecule has 1 amide bonds. The monoisotopic (exact) mass is 325 g/mol. The van der Waals surface area contributed by atoms with E-state index in [2.05, 4.69) is 5.32 Å². The van der Waals surface area contributed by atoms with Crippen LogP contribution < -0.4 is 16.2 Å². The van der Waals surface area contributed by atoms with Crippen LogP contribution in [0.3, 0.4) is 0 Å². The highest BCUT2D eigenvalue weighted by atomic mass is 32.2. The summed E-state index contributed by atoms with van der Waals surface area (Å²) < 4.78 is 59.2. The summed E-state index contributed by atoms with van der Waals surface area (Å²) in [6.45, 7) is -0.0268. The van der Waals surface area contributed by atoms with Gasteiger partial charge in [0.15, 0.2) is 0 Å². The van der Waals surface area contributed by atoms with Gasteiger partial charge in [0.25, 0.3) is 5.91 Å². The number of rotatable bonds is 5. The molecule has 0 atom stereocenters. The average Bonchev–Trinajstić information content (AvgIpc) is 2.32. The molecule has 0 aromatic heterocycles. The Bertz CT molecular complexity index is 629. The summed E-state index contributed by atoms with van der Waals surface area (Å²) in [5.41, 5.74) is 3.42. The first-order valence-corrected chi connectivity index (χ1v) is 7.47. The van der Waals surface area contributed by atoms with Gasteiger partial charge in [0, 0.05) is 17.8 Å². The fraction of sp³-hybridized carbons (Fsp3) is 0.364. The number of nitrogen functional groups attached to an aromatic ring is 1. The number of carbonyl (C=O) groups excluding carboxylic acids is 1. The number of hydrogen-bond acceptors (Lipinski definition) is 4. The first kappa shape index (κ1) is 17.2. The molecule has 0 unspecified atom stereocenters. The minimum absolute atomic E-state index is 0.0268. The molecule has 6 nitrogen and oxygen atoms in total. The molecule has 0 spiro atoms. The van der Waals surface area contributed by atoms with Gasteiger partial charge in [-0.2, -0.15) is 13.2 Å². The van der Waals surface area contributed by atoms with Gasteiger partial charge in [-0.3, -0.25) is 4.79 Å². The third-order valence-electron chi connectivity index (χ3n) is 2.51. The lowest BCUT2D eigenvalue weighted by atomic mass is 10.1. The number of nitrogens with one attached hydrogen (secondary N) is 1. The van der Waals surface area contributed by atoms with Gasteiger partial charge in [-0.15, -0.1) is 0 Å². The fourth-order valence-electron chi connectivity index (χ4n) is 1.52. The molecule has 1 aromatic carbocycles. The second-order valence-corrected chi connectivity index (χ2v) is 6.01. The molecular formula is C11H14F3N3O3S.